The molecule has 1 heterocycles. The highest BCUT2D eigenvalue weighted by Gasteiger charge is 2.16. The van der Waals surface area contributed by atoms with E-state index in [1.807, 2.05) is 12.4 Å². The standard InChI is InChI=1S/C14H22N4/c1-11-9-16-7-5-13(11)6-8-17-14(15)18-10-12-3-2-4-12/h5,7,9,12H,2-4,6,8,10H2,1H3,(H3,15,17,18). The van der Waals surface area contributed by atoms with E-state index in [0.717, 1.165) is 25.4 Å². The van der Waals surface area contributed by atoms with Crippen LogP contribution in [-0.2, 0) is 6.42 Å². The Labute approximate surface area is 109 Å². The van der Waals surface area contributed by atoms with Crippen LogP contribution in [-0.4, -0.2) is 24.0 Å². The van der Waals surface area contributed by atoms with Gasteiger partial charge >= 0.3 is 0 Å². The van der Waals surface area contributed by atoms with Crippen molar-refractivity contribution < 1.29 is 0 Å². The zero-order chi connectivity index (χ0) is 12.8. The maximum absolute atomic E-state index is 5.83. The molecule has 4 nitrogen and oxygen atoms in total. The van der Waals surface area contributed by atoms with Crippen molar-refractivity contribution in [3.05, 3.63) is 29.6 Å². The molecule has 1 aliphatic carbocycles. The van der Waals surface area contributed by atoms with Crippen molar-refractivity contribution in [2.24, 2.45) is 16.6 Å². The van der Waals surface area contributed by atoms with Gasteiger partial charge in [-0.2, -0.15) is 0 Å². The number of nitrogens with two attached hydrogens (primary N) is 1. The Morgan fingerprint density at radius 2 is 2.39 bits per heavy atom. The molecule has 0 saturated heterocycles. The van der Waals surface area contributed by atoms with E-state index in [4.69, 9.17) is 5.73 Å². The summed E-state index contributed by atoms with van der Waals surface area (Å²) in [5, 5.41) is 3.17. The molecule has 1 fully saturated rings. The van der Waals surface area contributed by atoms with Crippen LogP contribution in [0.5, 0.6) is 0 Å². The third kappa shape index (κ3) is 3.72. The molecule has 18 heavy (non-hydrogen) atoms. The monoisotopic (exact) mass is 246 g/mol. The lowest BCUT2D eigenvalue weighted by Crippen LogP contribution is -2.34. The fourth-order valence-corrected chi connectivity index (χ4v) is 2.07. The lowest BCUT2D eigenvalue weighted by molar-refractivity contribution is 0.326. The van der Waals surface area contributed by atoms with E-state index in [2.05, 4.69) is 28.3 Å². The van der Waals surface area contributed by atoms with Gasteiger partial charge in [-0.15, -0.1) is 0 Å². The van der Waals surface area contributed by atoms with Crippen LogP contribution in [0.15, 0.2) is 23.5 Å². The molecule has 0 amide bonds. The quantitative estimate of drug-likeness (QED) is 0.613. The molecular formula is C14H22N4. The van der Waals surface area contributed by atoms with Crippen LogP contribution in [0, 0.1) is 12.8 Å². The summed E-state index contributed by atoms with van der Waals surface area (Å²) in [7, 11) is 0. The van der Waals surface area contributed by atoms with Crippen molar-refractivity contribution in [1.29, 1.82) is 0 Å². The van der Waals surface area contributed by atoms with Gasteiger partial charge in [0.1, 0.15) is 0 Å². The van der Waals surface area contributed by atoms with Crippen molar-refractivity contribution in [1.82, 2.24) is 10.3 Å². The lowest BCUT2D eigenvalue weighted by atomic mass is 9.86. The smallest absolute Gasteiger partial charge is 0.188 e. The number of pyridine rings is 1. The summed E-state index contributed by atoms with van der Waals surface area (Å²) in [5.74, 6) is 1.35. The van der Waals surface area contributed by atoms with Crippen LogP contribution in [0.3, 0.4) is 0 Å². The molecule has 0 unspecified atom stereocenters. The van der Waals surface area contributed by atoms with Crippen LogP contribution >= 0.6 is 0 Å². The molecule has 1 saturated carbocycles. The van der Waals surface area contributed by atoms with Crippen LogP contribution in [0.25, 0.3) is 0 Å². The first-order valence-corrected chi connectivity index (χ1v) is 6.69. The molecule has 1 aromatic heterocycles. The largest absolute Gasteiger partial charge is 0.370 e. The Balaban J connectivity index is 1.69. The topological polar surface area (TPSA) is 63.3 Å². The van der Waals surface area contributed by atoms with E-state index in [9.17, 15) is 0 Å². The highest BCUT2D eigenvalue weighted by atomic mass is 15.1. The summed E-state index contributed by atoms with van der Waals surface area (Å²) < 4.78 is 0. The normalized spacial score (nSPS) is 16.4. The van der Waals surface area contributed by atoms with E-state index in [-0.39, 0.29) is 0 Å². The molecule has 2 rings (SSSR count). The molecule has 0 aromatic carbocycles. The second kappa shape index (κ2) is 6.38. The van der Waals surface area contributed by atoms with E-state index in [0.29, 0.717) is 5.96 Å². The van der Waals surface area contributed by atoms with Gasteiger partial charge in [0, 0.05) is 25.5 Å². The molecule has 98 valence electrons. The summed E-state index contributed by atoms with van der Waals surface area (Å²) in [4.78, 5) is 8.45. The van der Waals surface area contributed by atoms with E-state index in [1.165, 1.54) is 30.4 Å². The van der Waals surface area contributed by atoms with Gasteiger partial charge in [-0.25, -0.2) is 0 Å². The average molecular weight is 246 g/mol. The van der Waals surface area contributed by atoms with Gasteiger partial charge in [0.05, 0.1) is 0 Å². The van der Waals surface area contributed by atoms with Crippen molar-refractivity contribution in [3.8, 4) is 0 Å². The van der Waals surface area contributed by atoms with Gasteiger partial charge < -0.3 is 11.1 Å². The van der Waals surface area contributed by atoms with Crippen LogP contribution in [0.4, 0.5) is 0 Å². The molecule has 4 heteroatoms. The number of nitrogens with one attached hydrogen (secondary N) is 1. The average Bonchev–Trinajstić information content (AvgIpc) is 2.30. The second-order valence-corrected chi connectivity index (χ2v) is 5.00. The minimum Gasteiger partial charge on any atom is -0.370 e. The van der Waals surface area contributed by atoms with Crippen LogP contribution in [0.1, 0.15) is 30.4 Å². The van der Waals surface area contributed by atoms with Gasteiger partial charge in [-0.05, 0) is 49.3 Å². The Morgan fingerprint density at radius 3 is 3.06 bits per heavy atom. The molecule has 0 radical (unpaired) electrons. The fourth-order valence-electron chi connectivity index (χ4n) is 2.07. The molecule has 0 atom stereocenters. The fraction of sp³-hybridized carbons (Fsp3) is 0.571. The predicted octanol–water partition coefficient (Wildman–Crippen LogP) is 1.64. The number of guanidine groups is 1. The van der Waals surface area contributed by atoms with E-state index in [1.54, 1.807) is 0 Å². The third-order valence-electron chi connectivity index (χ3n) is 3.58. The Kier molecular flexibility index (Phi) is 4.56. The summed E-state index contributed by atoms with van der Waals surface area (Å²) in [5.41, 5.74) is 8.37. The minimum absolute atomic E-state index is 0.577. The highest BCUT2D eigenvalue weighted by Crippen LogP contribution is 2.26. The summed E-state index contributed by atoms with van der Waals surface area (Å²) in [6, 6.07) is 2.05. The van der Waals surface area contributed by atoms with E-state index < -0.39 is 0 Å². The number of nitrogens with zero attached hydrogens (tertiary/aromatic N) is 2. The van der Waals surface area contributed by atoms with Crippen molar-refractivity contribution in [3.63, 3.8) is 0 Å². The Bertz CT molecular complexity index is 410. The molecule has 3 N–H and O–H groups in total. The van der Waals surface area contributed by atoms with Gasteiger partial charge in [-0.3, -0.25) is 9.98 Å². The van der Waals surface area contributed by atoms with Gasteiger partial charge in [0.2, 0.25) is 0 Å². The number of aromatic nitrogens is 1. The lowest BCUT2D eigenvalue weighted by Gasteiger charge is -2.23. The van der Waals surface area contributed by atoms with Gasteiger partial charge in [0.15, 0.2) is 5.96 Å². The maximum Gasteiger partial charge on any atom is 0.188 e. The van der Waals surface area contributed by atoms with Crippen molar-refractivity contribution in [2.75, 3.05) is 13.1 Å². The Hall–Kier alpha value is -1.58. The van der Waals surface area contributed by atoms with E-state index >= 15 is 0 Å². The number of aliphatic imine (C=N–C) groups is 1. The van der Waals surface area contributed by atoms with Gasteiger partial charge in [0.25, 0.3) is 0 Å². The molecular weight excluding hydrogens is 224 g/mol. The third-order valence-corrected chi connectivity index (χ3v) is 3.58. The Morgan fingerprint density at radius 1 is 1.56 bits per heavy atom. The first-order chi connectivity index (χ1) is 8.75. The van der Waals surface area contributed by atoms with Crippen molar-refractivity contribution >= 4 is 5.96 Å². The second-order valence-electron chi connectivity index (χ2n) is 5.00. The SMILES string of the molecule is Cc1cnccc1CCNC(N)=NCC1CCC1. The van der Waals surface area contributed by atoms with Crippen LogP contribution in [0.2, 0.25) is 0 Å². The number of hydrogen-bond acceptors (Lipinski definition) is 2. The summed E-state index contributed by atoms with van der Waals surface area (Å²) >= 11 is 0. The number of hydrogen-bond donors (Lipinski definition) is 2. The molecule has 0 spiro atoms. The zero-order valence-electron chi connectivity index (χ0n) is 11.0. The minimum atomic E-state index is 0.577. The first kappa shape index (κ1) is 12.9. The number of aryl methyl sites for hydroxylation is 1. The van der Waals surface area contributed by atoms with Gasteiger partial charge in [-0.1, -0.05) is 6.42 Å². The zero-order valence-corrected chi connectivity index (χ0v) is 11.0. The summed E-state index contributed by atoms with van der Waals surface area (Å²) in [6.07, 6.45) is 8.66. The summed E-state index contributed by atoms with van der Waals surface area (Å²) in [6.45, 7) is 3.79. The van der Waals surface area contributed by atoms with Crippen LogP contribution < -0.4 is 11.1 Å². The highest BCUT2D eigenvalue weighted by molar-refractivity contribution is 5.77. The molecule has 1 aliphatic rings. The first-order valence-electron chi connectivity index (χ1n) is 6.69. The van der Waals surface area contributed by atoms with Crippen molar-refractivity contribution in [2.45, 2.75) is 32.6 Å². The molecule has 1 aromatic rings. The maximum atomic E-state index is 5.83. The molecule has 0 aliphatic heterocycles. The predicted molar refractivity (Wildman–Crippen MR) is 74.5 cm³/mol. The molecule has 0 bridgehead atoms. The number of rotatable bonds is 5.